The van der Waals surface area contributed by atoms with Gasteiger partial charge in [0.25, 0.3) is 0 Å². The molecular weight excluding hydrogens is 212 g/mol. The zero-order valence-electron chi connectivity index (χ0n) is 9.73. The molecule has 0 fully saturated rings. The van der Waals surface area contributed by atoms with E-state index in [-0.39, 0.29) is 11.4 Å². The minimum Gasteiger partial charge on any atom is -0.464 e. The summed E-state index contributed by atoms with van der Waals surface area (Å²) >= 11 is 0. The van der Waals surface area contributed by atoms with Crippen LogP contribution < -0.4 is 0 Å². The van der Waals surface area contributed by atoms with Gasteiger partial charge in [0.15, 0.2) is 11.4 Å². The Kier molecular flexibility index (Phi) is 3.22. The summed E-state index contributed by atoms with van der Waals surface area (Å²) < 4.78 is 9.22. The highest BCUT2D eigenvalue weighted by molar-refractivity contribution is 6.00. The smallest absolute Gasteiger partial charge is 0.357 e. The van der Waals surface area contributed by atoms with Crippen LogP contribution in [0.2, 0.25) is 0 Å². The van der Waals surface area contributed by atoms with Gasteiger partial charge in [-0.05, 0) is 0 Å². The summed E-state index contributed by atoms with van der Waals surface area (Å²) in [5, 5.41) is 0. The molecule has 0 amide bonds. The molecule has 6 heteroatoms. The molecule has 0 N–H and O–H groups in total. The number of methoxy groups -OCH3 is 2. The number of likely N-dealkylation sites (N-methyl/N-ethyl adjacent to an activating group) is 2. The van der Waals surface area contributed by atoms with Crippen molar-refractivity contribution in [2.75, 3.05) is 28.3 Å². The molecule has 88 valence electrons. The van der Waals surface area contributed by atoms with Crippen molar-refractivity contribution in [3.8, 4) is 0 Å². The number of nitrogens with zero attached hydrogens (tertiary/aromatic N) is 2. The molecular formula is C10H14N2O4. The summed E-state index contributed by atoms with van der Waals surface area (Å²) in [6, 6.07) is 0. The Morgan fingerprint density at radius 3 is 1.56 bits per heavy atom. The molecule has 6 nitrogen and oxygen atoms in total. The van der Waals surface area contributed by atoms with Crippen LogP contribution in [0, 0.1) is 0 Å². The lowest BCUT2D eigenvalue weighted by molar-refractivity contribution is -0.140. The van der Waals surface area contributed by atoms with Gasteiger partial charge in [-0.3, -0.25) is 0 Å². The second kappa shape index (κ2) is 4.26. The van der Waals surface area contributed by atoms with Gasteiger partial charge in [-0.2, -0.15) is 0 Å². The van der Waals surface area contributed by atoms with E-state index in [4.69, 9.17) is 0 Å². The van der Waals surface area contributed by atoms with Crippen molar-refractivity contribution in [1.29, 1.82) is 0 Å². The van der Waals surface area contributed by atoms with E-state index in [1.807, 2.05) is 0 Å². The number of carbonyl (C=O) groups is 2. The molecule has 0 unspecified atom stereocenters. The third-order valence-corrected chi connectivity index (χ3v) is 2.43. The normalized spacial score (nSPS) is 15.6. The van der Waals surface area contributed by atoms with E-state index < -0.39 is 11.9 Å². The zero-order chi connectivity index (χ0) is 12.5. The monoisotopic (exact) mass is 226 g/mol. The van der Waals surface area contributed by atoms with E-state index in [0.29, 0.717) is 5.82 Å². The Hall–Kier alpha value is -1.98. The van der Waals surface area contributed by atoms with Crippen LogP contribution in [0.4, 0.5) is 0 Å². The molecule has 0 bridgehead atoms. The lowest BCUT2D eigenvalue weighted by Crippen LogP contribution is -2.21. The Morgan fingerprint density at radius 2 is 1.31 bits per heavy atom. The number of esters is 2. The quantitative estimate of drug-likeness (QED) is 0.612. The molecule has 1 rings (SSSR count). The minimum atomic E-state index is -0.603. The lowest BCUT2D eigenvalue weighted by atomic mass is 10.3. The van der Waals surface area contributed by atoms with Gasteiger partial charge in [0.1, 0.15) is 5.82 Å². The highest BCUT2D eigenvalue weighted by atomic mass is 16.5. The lowest BCUT2D eigenvalue weighted by Gasteiger charge is -2.18. The van der Waals surface area contributed by atoms with Crippen LogP contribution >= 0.6 is 0 Å². The fraction of sp³-hybridized carbons (Fsp3) is 0.400. The third kappa shape index (κ3) is 1.62. The average molecular weight is 226 g/mol. The number of carbonyl (C=O) groups excluding carboxylic acids is 2. The topological polar surface area (TPSA) is 59.1 Å². The van der Waals surface area contributed by atoms with Gasteiger partial charge in [0.2, 0.25) is 0 Å². The predicted molar refractivity (Wildman–Crippen MR) is 55.7 cm³/mol. The molecule has 0 aliphatic carbocycles. The van der Waals surface area contributed by atoms with Crippen LogP contribution in [-0.2, 0) is 19.1 Å². The van der Waals surface area contributed by atoms with Gasteiger partial charge < -0.3 is 19.3 Å². The van der Waals surface area contributed by atoms with Crippen molar-refractivity contribution < 1.29 is 19.1 Å². The first-order chi connectivity index (χ1) is 7.45. The Bertz CT molecular complexity index is 352. The van der Waals surface area contributed by atoms with Crippen LogP contribution in [0.5, 0.6) is 0 Å². The summed E-state index contributed by atoms with van der Waals surface area (Å²) in [7, 11) is 5.75. The second-order valence-electron chi connectivity index (χ2n) is 3.21. The number of hydrogen-bond donors (Lipinski definition) is 0. The Morgan fingerprint density at radius 1 is 1.00 bits per heavy atom. The number of ether oxygens (including phenoxy) is 2. The van der Waals surface area contributed by atoms with E-state index >= 15 is 0 Å². The predicted octanol–water partition coefficient (Wildman–Crippen LogP) is -0.108. The van der Waals surface area contributed by atoms with Crippen LogP contribution in [0.15, 0.2) is 23.8 Å². The van der Waals surface area contributed by atoms with Crippen molar-refractivity contribution in [2.24, 2.45) is 0 Å². The van der Waals surface area contributed by atoms with Crippen molar-refractivity contribution in [3.63, 3.8) is 0 Å². The first-order valence-corrected chi connectivity index (χ1v) is 4.53. The largest absolute Gasteiger partial charge is 0.464 e. The van der Waals surface area contributed by atoms with Crippen molar-refractivity contribution in [1.82, 2.24) is 9.80 Å². The van der Waals surface area contributed by atoms with Crippen LogP contribution in [0.1, 0.15) is 0 Å². The Labute approximate surface area is 93.7 Å². The van der Waals surface area contributed by atoms with Crippen molar-refractivity contribution in [2.45, 2.75) is 0 Å². The van der Waals surface area contributed by atoms with Gasteiger partial charge in [-0.1, -0.05) is 6.58 Å². The van der Waals surface area contributed by atoms with Crippen LogP contribution in [0.3, 0.4) is 0 Å². The van der Waals surface area contributed by atoms with Gasteiger partial charge in [-0.15, -0.1) is 0 Å². The molecule has 0 saturated heterocycles. The molecule has 1 heterocycles. The van der Waals surface area contributed by atoms with Crippen LogP contribution in [-0.4, -0.2) is 50.1 Å². The highest BCUT2D eigenvalue weighted by Gasteiger charge is 2.37. The van der Waals surface area contributed by atoms with Crippen molar-refractivity contribution in [3.05, 3.63) is 23.8 Å². The summed E-state index contributed by atoms with van der Waals surface area (Å²) in [6.45, 7) is 3.74. The summed E-state index contributed by atoms with van der Waals surface area (Å²) in [5.74, 6) is -0.706. The number of hydrogen-bond acceptors (Lipinski definition) is 6. The minimum absolute atomic E-state index is 0.127. The molecule has 1 aliphatic rings. The molecule has 0 atom stereocenters. The average Bonchev–Trinajstić information content (AvgIpc) is 2.51. The van der Waals surface area contributed by atoms with Gasteiger partial charge in [0, 0.05) is 14.1 Å². The molecule has 0 spiro atoms. The first kappa shape index (κ1) is 12.1. The van der Waals surface area contributed by atoms with E-state index in [1.54, 1.807) is 14.1 Å². The highest BCUT2D eigenvalue weighted by Crippen LogP contribution is 2.29. The molecule has 1 aliphatic heterocycles. The molecule has 0 radical (unpaired) electrons. The second-order valence-corrected chi connectivity index (χ2v) is 3.21. The van der Waals surface area contributed by atoms with Crippen molar-refractivity contribution >= 4 is 11.9 Å². The molecule has 0 aromatic rings. The van der Waals surface area contributed by atoms with E-state index in [0.717, 1.165) is 0 Å². The molecule has 16 heavy (non-hydrogen) atoms. The maximum absolute atomic E-state index is 11.5. The summed E-state index contributed by atoms with van der Waals surface area (Å²) in [6.07, 6.45) is 0. The maximum Gasteiger partial charge on any atom is 0.357 e. The third-order valence-electron chi connectivity index (χ3n) is 2.43. The first-order valence-electron chi connectivity index (χ1n) is 4.53. The summed E-state index contributed by atoms with van der Waals surface area (Å²) in [4.78, 5) is 26.1. The fourth-order valence-corrected chi connectivity index (χ4v) is 1.46. The van der Waals surface area contributed by atoms with E-state index in [1.165, 1.54) is 24.0 Å². The van der Waals surface area contributed by atoms with Crippen LogP contribution in [0.25, 0.3) is 0 Å². The SMILES string of the molecule is C=C1N(C)C(C(=O)OC)=C(C(=O)OC)N1C. The molecule has 0 aromatic carbocycles. The molecule has 0 saturated carbocycles. The summed E-state index contributed by atoms with van der Waals surface area (Å²) in [5.41, 5.74) is 0.253. The molecule has 0 aromatic heterocycles. The number of rotatable bonds is 2. The van der Waals surface area contributed by atoms with Gasteiger partial charge in [0.05, 0.1) is 14.2 Å². The van der Waals surface area contributed by atoms with Gasteiger partial charge >= 0.3 is 11.9 Å². The van der Waals surface area contributed by atoms with E-state index in [2.05, 4.69) is 16.1 Å². The zero-order valence-corrected chi connectivity index (χ0v) is 9.73. The van der Waals surface area contributed by atoms with Gasteiger partial charge in [-0.25, -0.2) is 9.59 Å². The van der Waals surface area contributed by atoms with E-state index in [9.17, 15) is 9.59 Å². The maximum atomic E-state index is 11.5. The Balaban J connectivity index is 3.29. The standard InChI is InChI=1S/C10H14N2O4/c1-6-11(2)7(9(13)15-4)8(12(6)3)10(14)16-5/h1H2,2-5H3. The fourth-order valence-electron chi connectivity index (χ4n) is 1.46.